The average Bonchev–Trinajstić information content (AvgIpc) is 3.22. The molecule has 1 aliphatic heterocycles. The van der Waals surface area contributed by atoms with Gasteiger partial charge in [-0.3, -0.25) is 13.4 Å². The Morgan fingerprint density at radius 2 is 1.31 bits per heavy atom. The minimum absolute atomic E-state index is 0.278. The Balaban J connectivity index is 0.000000338. The number of hydrogen-bond acceptors (Lipinski definition) is 6. The summed E-state index contributed by atoms with van der Waals surface area (Å²) in [6, 6.07) is 22.9. The van der Waals surface area contributed by atoms with E-state index in [2.05, 4.69) is 4.74 Å². The molecule has 0 radical (unpaired) electrons. The summed E-state index contributed by atoms with van der Waals surface area (Å²) in [5.74, 6) is -0.590. The molecule has 0 atom stereocenters. The monoisotopic (exact) mass is 506 g/mol. The van der Waals surface area contributed by atoms with Crippen LogP contribution in [0.2, 0.25) is 0 Å². The van der Waals surface area contributed by atoms with E-state index in [9.17, 15) is 17.6 Å². The minimum Gasteiger partial charge on any atom is -0.469 e. The summed E-state index contributed by atoms with van der Waals surface area (Å²) in [5, 5.41) is 17.1. The van der Waals surface area contributed by atoms with Gasteiger partial charge in [-0.25, -0.2) is 4.39 Å². The summed E-state index contributed by atoms with van der Waals surface area (Å²) >= 11 is 0. The van der Waals surface area contributed by atoms with Gasteiger partial charge in [0, 0.05) is 6.42 Å². The molecular formula is C26H23FN4O4S. The number of aryl methyl sites for hydroxylation is 1. The van der Waals surface area contributed by atoms with Gasteiger partial charge in [-0.05, 0) is 72.6 Å². The van der Waals surface area contributed by atoms with Crippen LogP contribution in [-0.4, -0.2) is 34.6 Å². The molecule has 0 aliphatic carbocycles. The predicted octanol–water partition coefficient (Wildman–Crippen LogP) is 3.93. The number of rotatable bonds is 5. The summed E-state index contributed by atoms with van der Waals surface area (Å²) < 4.78 is 45.3. The number of methoxy groups -OCH3 is 1. The number of ether oxygens (including phenoxy) is 1. The Morgan fingerprint density at radius 3 is 1.75 bits per heavy atom. The maximum Gasteiger partial charge on any atom is 0.326 e. The zero-order valence-corrected chi connectivity index (χ0v) is 20.3. The molecule has 3 aromatic rings. The highest BCUT2D eigenvalue weighted by atomic mass is 32.2. The molecule has 10 heteroatoms. The Hall–Kier alpha value is -4.41. The van der Waals surface area contributed by atoms with E-state index < -0.39 is 10.2 Å². The Bertz CT molecular complexity index is 1380. The number of esters is 1. The predicted molar refractivity (Wildman–Crippen MR) is 133 cm³/mol. The number of nitriles is 2. The van der Waals surface area contributed by atoms with Crippen LogP contribution in [-0.2, 0) is 26.2 Å². The van der Waals surface area contributed by atoms with Crippen LogP contribution in [0.25, 0.3) is 0 Å². The summed E-state index contributed by atoms with van der Waals surface area (Å²) in [7, 11) is -2.34. The zero-order valence-electron chi connectivity index (χ0n) is 19.5. The van der Waals surface area contributed by atoms with Crippen LogP contribution in [0.5, 0.6) is 0 Å². The number of carbonyl (C=O) groups is 1. The molecule has 1 aliphatic rings. The molecule has 36 heavy (non-hydrogen) atoms. The van der Waals surface area contributed by atoms with Crippen molar-refractivity contribution >= 4 is 27.6 Å². The van der Waals surface area contributed by atoms with Gasteiger partial charge in [0.15, 0.2) is 0 Å². The first kappa shape index (κ1) is 26.2. The lowest BCUT2D eigenvalue weighted by atomic mass is 10.1. The van der Waals surface area contributed by atoms with Gasteiger partial charge in [0.25, 0.3) is 0 Å². The van der Waals surface area contributed by atoms with Gasteiger partial charge < -0.3 is 4.74 Å². The number of nitrogens with zero attached hydrogens (tertiary/aromatic N) is 4. The third kappa shape index (κ3) is 6.38. The maximum absolute atomic E-state index is 12.9. The van der Waals surface area contributed by atoms with Gasteiger partial charge in [0.2, 0.25) is 0 Å². The van der Waals surface area contributed by atoms with Crippen molar-refractivity contribution in [3.63, 3.8) is 0 Å². The maximum atomic E-state index is 12.9. The SMILES string of the molecule is COC(=O)CCc1ccc(N2CCN(c3ccc(C#N)cc3)S2(=O)=O)cc1.N#Cc1ccc(F)cc1. The second kappa shape index (κ2) is 11.8. The Labute approximate surface area is 209 Å². The first-order valence-corrected chi connectivity index (χ1v) is 12.3. The van der Waals surface area contributed by atoms with Gasteiger partial charge in [0.05, 0.1) is 54.8 Å². The van der Waals surface area contributed by atoms with E-state index in [1.165, 1.54) is 40.0 Å². The molecule has 3 aromatic carbocycles. The average molecular weight is 507 g/mol. The molecule has 8 nitrogen and oxygen atoms in total. The smallest absolute Gasteiger partial charge is 0.326 e. The fourth-order valence-electron chi connectivity index (χ4n) is 3.46. The highest BCUT2D eigenvalue weighted by molar-refractivity contribution is 7.94. The zero-order chi connectivity index (χ0) is 26.1. The van der Waals surface area contributed by atoms with Crippen LogP contribution in [0.3, 0.4) is 0 Å². The molecule has 0 amide bonds. The molecule has 0 N–H and O–H groups in total. The summed E-state index contributed by atoms with van der Waals surface area (Å²) in [5.41, 5.74) is 3.01. The second-order valence-corrected chi connectivity index (χ2v) is 9.45. The third-order valence-electron chi connectivity index (χ3n) is 5.39. The molecular weight excluding hydrogens is 483 g/mol. The molecule has 1 heterocycles. The van der Waals surface area contributed by atoms with Crippen molar-refractivity contribution < 1.29 is 22.3 Å². The normalized spacial score (nSPS) is 13.7. The summed E-state index contributed by atoms with van der Waals surface area (Å²) in [4.78, 5) is 11.2. The van der Waals surface area contributed by atoms with E-state index in [1.807, 2.05) is 24.3 Å². The van der Waals surface area contributed by atoms with Crippen LogP contribution < -0.4 is 8.61 Å². The molecule has 0 spiro atoms. The molecule has 1 saturated heterocycles. The lowest BCUT2D eigenvalue weighted by Gasteiger charge is -2.21. The first-order chi connectivity index (χ1) is 17.3. The molecule has 0 bridgehead atoms. The highest BCUT2D eigenvalue weighted by Crippen LogP contribution is 2.30. The quantitative estimate of drug-likeness (QED) is 0.485. The third-order valence-corrected chi connectivity index (χ3v) is 7.29. The fourth-order valence-corrected chi connectivity index (χ4v) is 5.10. The van der Waals surface area contributed by atoms with Crippen molar-refractivity contribution in [3.05, 3.63) is 95.3 Å². The van der Waals surface area contributed by atoms with E-state index in [4.69, 9.17) is 10.5 Å². The molecule has 0 saturated carbocycles. The fraction of sp³-hybridized carbons (Fsp3) is 0.192. The largest absolute Gasteiger partial charge is 0.469 e. The topological polar surface area (TPSA) is 114 Å². The minimum atomic E-state index is -3.69. The molecule has 4 rings (SSSR count). The number of carbonyl (C=O) groups excluding carboxylic acids is 1. The Kier molecular flexibility index (Phi) is 8.61. The molecule has 0 unspecified atom stereocenters. The van der Waals surface area contributed by atoms with Crippen molar-refractivity contribution in [2.45, 2.75) is 12.8 Å². The van der Waals surface area contributed by atoms with E-state index in [1.54, 1.807) is 36.4 Å². The molecule has 0 aromatic heterocycles. The standard InChI is InChI=1S/C19H19N3O4S.C7H4FN/c1-26-19(23)11-6-15-2-7-17(8-3-15)21-12-13-22(27(21,24)25)18-9-4-16(14-20)5-10-18;8-7-3-1-6(5-9)2-4-7/h2-5,7-10H,6,11-13H2,1H3;1-4H. The van der Waals surface area contributed by atoms with Crippen molar-refractivity contribution in [2.75, 3.05) is 28.8 Å². The van der Waals surface area contributed by atoms with E-state index >= 15 is 0 Å². The van der Waals surface area contributed by atoms with Crippen molar-refractivity contribution in [2.24, 2.45) is 0 Å². The number of anilines is 2. The van der Waals surface area contributed by atoms with Gasteiger partial charge in [0.1, 0.15) is 5.82 Å². The highest BCUT2D eigenvalue weighted by Gasteiger charge is 2.36. The lowest BCUT2D eigenvalue weighted by Crippen LogP contribution is -2.33. The van der Waals surface area contributed by atoms with Crippen LogP contribution in [0.4, 0.5) is 15.8 Å². The van der Waals surface area contributed by atoms with Gasteiger partial charge in [-0.2, -0.15) is 18.9 Å². The van der Waals surface area contributed by atoms with Gasteiger partial charge in [-0.15, -0.1) is 0 Å². The van der Waals surface area contributed by atoms with E-state index in [0.717, 1.165) is 5.56 Å². The lowest BCUT2D eigenvalue weighted by molar-refractivity contribution is -0.140. The number of hydrogen-bond donors (Lipinski definition) is 0. The first-order valence-electron chi connectivity index (χ1n) is 10.9. The van der Waals surface area contributed by atoms with Crippen LogP contribution >= 0.6 is 0 Å². The van der Waals surface area contributed by atoms with Crippen molar-refractivity contribution in [1.82, 2.24) is 0 Å². The number of halogens is 1. The van der Waals surface area contributed by atoms with Crippen LogP contribution in [0.1, 0.15) is 23.1 Å². The van der Waals surface area contributed by atoms with Crippen molar-refractivity contribution in [1.29, 1.82) is 10.5 Å². The van der Waals surface area contributed by atoms with E-state index in [0.29, 0.717) is 42.0 Å². The summed E-state index contributed by atoms with van der Waals surface area (Å²) in [6.07, 6.45) is 0.821. The van der Waals surface area contributed by atoms with Crippen LogP contribution in [0, 0.1) is 28.5 Å². The van der Waals surface area contributed by atoms with Gasteiger partial charge >= 0.3 is 16.2 Å². The van der Waals surface area contributed by atoms with Gasteiger partial charge in [-0.1, -0.05) is 12.1 Å². The van der Waals surface area contributed by atoms with E-state index in [-0.39, 0.29) is 18.2 Å². The summed E-state index contributed by atoms with van der Waals surface area (Å²) in [6.45, 7) is 0.669. The Morgan fingerprint density at radius 1 is 0.861 bits per heavy atom. The second-order valence-electron chi connectivity index (χ2n) is 7.67. The molecule has 1 fully saturated rings. The van der Waals surface area contributed by atoms with Crippen LogP contribution in [0.15, 0.2) is 72.8 Å². The number of benzene rings is 3. The van der Waals surface area contributed by atoms with Crippen molar-refractivity contribution in [3.8, 4) is 12.1 Å². The molecule has 184 valence electrons.